The monoisotopic (exact) mass is 354 g/mol. The molecular weight excluding hydrogens is 328 g/mol. The van der Waals surface area contributed by atoms with Crippen LogP contribution in [-0.2, 0) is 0 Å². The fourth-order valence-electron chi connectivity index (χ4n) is 2.15. The zero-order valence-electron chi connectivity index (χ0n) is 15.8. The molecule has 0 unspecified atom stereocenters. The lowest BCUT2D eigenvalue weighted by molar-refractivity contribution is 0.415. The number of benzene rings is 2. The van der Waals surface area contributed by atoms with Crippen molar-refractivity contribution in [1.82, 2.24) is 0 Å². The van der Waals surface area contributed by atoms with Gasteiger partial charge in [-0.3, -0.25) is 0 Å². The Balaban J connectivity index is 2.18. The SMILES string of the molecule is COc1c(C#N)cccc1Nc1ccc(O[Si](C)(C)C(C)(C)C)cc1. The first-order chi connectivity index (χ1) is 11.7. The molecule has 2 aromatic carbocycles. The van der Waals surface area contributed by atoms with E-state index in [0.29, 0.717) is 11.3 Å². The van der Waals surface area contributed by atoms with Crippen molar-refractivity contribution < 1.29 is 9.16 Å². The molecule has 0 radical (unpaired) electrons. The summed E-state index contributed by atoms with van der Waals surface area (Å²) in [5.41, 5.74) is 2.18. The van der Waals surface area contributed by atoms with E-state index in [4.69, 9.17) is 9.16 Å². The second-order valence-corrected chi connectivity index (χ2v) is 12.2. The van der Waals surface area contributed by atoms with Gasteiger partial charge in [-0.2, -0.15) is 5.26 Å². The molecule has 0 aromatic heterocycles. The number of nitrogens with one attached hydrogen (secondary N) is 1. The second-order valence-electron chi connectivity index (χ2n) is 7.51. The van der Waals surface area contributed by atoms with Gasteiger partial charge >= 0.3 is 0 Å². The van der Waals surface area contributed by atoms with Crippen LogP contribution in [0.4, 0.5) is 11.4 Å². The van der Waals surface area contributed by atoms with Crippen molar-refractivity contribution in [3.63, 3.8) is 0 Å². The molecule has 0 bridgehead atoms. The Kier molecular flexibility index (Phi) is 5.44. The van der Waals surface area contributed by atoms with Gasteiger partial charge in [-0.15, -0.1) is 0 Å². The third-order valence-corrected chi connectivity index (χ3v) is 9.01. The summed E-state index contributed by atoms with van der Waals surface area (Å²) in [6.45, 7) is 11.1. The van der Waals surface area contributed by atoms with Crippen LogP contribution in [0.25, 0.3) is 0 Å². The molecule has 0 aliphatic carbocycles. The average Bonchev–Trinajstić information content (AvgIpc) is 2.55. The normalized spacial score (nSPS) is 11.6. The van der Waals surface area contributed by atoms with Gasteiger partial charge in [0.2, 0.25) is 8.32 Å². The Morgan fingerprint density at radius 3 is 2.20 bits per heavy atom. The number of para-hydroxylation sites is 1. The fraction of sp³-hybridized carbons (Fsp3) is 0.350. The van der Waals surface area contributed by atoms with E-state index < -0.39 is 8.32 Å². The highest BCUT2D eigenvalue weighted by Crippen LogP contribution is 2.38. The lowest BCUT2D eigenvalue weighted by atomic mass is 10.2. The van der Waals surface area contributed by atoms with Crippen LogP contribution in [0.5, 0.6) is 11.5 Å². The molecule has 0 spiro atoms. The molecule has 4 nitrogen and oxygen atoms in total. The third kappa shape index (κ3) is 4.34. The molecule has 2 rings (SSSR count). The molecule has 0 fully saturated rings. The van der Waals surface area contributed by atoms with Crippen LogP contribution < -0.4 is 14.5 Å². The van der Waals surface area contributed by atoms with Gasteiger partial charge in [0.1, 0.15) is 11.8 Å². The summed E-state index contributed by atoms with van der Waals surface area (Å²) in [7, 11) is -0.274. The van der Waals surface area contributed by atoms with Crippen LogP contribution in [0.3, 0.4) is 0 Å². The van der Waals surface area contributed by atoms with Crippen molar-refractivity contribution in [3.05, 3.63) is 48.0 Å². The minimum Gasteiger partial charge on any atom is -0.544 e. The summed E-state index contributed by atoms with van der Waals surface area (Å²) in [6, 6.07) is 15.5. The van der Waals surface area contributed by atoms with Gasteiger partial charge in [0.05, 0.1) is 18.4 Å². The van der Waals surface area contributed by atoms with E-state index in [1.165, 1.54) is 0 Å². The summed E-state index contributed by atoms with van der Waals surface area (Å²) < 4.78 is 11.7. The number of methoxy groups -OCH3 is 1. The number of anilines is 2. The Labute approximate surface area is 151 Å². The van der Waals surface area contributed by atoms with E-state index in [-0.39, 0.29) is 5.04 Å². The molecule has 25 heavy (non-hydrogen) atoms. The zero-order valence-corrected chi connectivity index (χ0v) is 16.8. The molecule has 0 saturated carbocycles. The molecule has 1 N–H and O–H groups in total. The Morgan fingerprint density at radius 2 is 1.68 bits per heavy atom. The lowest BCUT2D eigenvalue weighted by Gasteiger charge is -2.36. The fourth-order valence-corrected chi connectivity index (χ4v) is 3.18. The first kappa shape index (κ1) is 18.9. The van der Waals surface area contributed by atoms with Crippen molar-refractivity contribution in [2.75, 3.05) is 12.4 Å². The molecule has 0 amide bonds. The highest BCUT2D eigenvalue weighted by Gasteiger charge is 2.38. The Morgan fingerprint density at radius 1 is 1.04 bits per heavy atom. The van der Waals surface area contributed by atoms with Crippen molar-refractivity contribution in [3.8, 4) is 17.6 Å². The third-order valence-electron chi connectivity index (χ3n) is 4.65. The number of nitrogens with zero attached hydrogens (tertiary/aromatic N) is 1. The van der Waals surface area contributed by atoms with E-state index in [2.05, 4.69) is 45.3 Å². The highest BCUT2D eigenvalue weighted by molar-refractivity contribution is 6.74. The molecule has 0 saturated heterocycles. The Bertz CT molecular complexity index is 772. The zero-order chi connectivity index (χ0) is 18.7. The van der Waals surface area contributed by atoms with Gasteiger partial charge in [0.15, 0.2) is 5.75 Å². The predicted octanol–water partition coefficient (Wildman–Crippen LogP) is 5.69. The molecule has 5 heteroatoms. The van der Waals surface area contributed by atoms with Gasteiger partial charge in [-0.1, -0.05) is 26.8 Å². The maximum absolute atomic E-state index is 9.18. The van der Waals surface area contributed by atoms with Crippen LogP contribution >= 0.6 is 0 Å². The van der Waals surface area contributed by atoms with Crippen molar-refractivity contribution in [2.45, 2.75) is 38.9 Å². The minimum atomic E-state index is -1.84. The second kappa shape index (κ2) is 7.20. The molecule has 132 valence electrons. The van der Waals surface area contributed by atoms with E-state index in [1.807, 2.05) is 36.4 Å². The molecule has 0 aliphatic rings. The van der Waals surface area contributed by atoms with Gasteiger partial charge in [-0.25, -0.2) is 0 Å². The topological polar surface area (TPSA) is 54.3 Å². The van der Waals surface area contributed by atoms with E-state index in [1.54, 1.807) is 13.2 Å². The molecule has 0 heterocycles. The summed E-state index contributed by atoms with van der Waals surface area (Å²) in [5.74, 6) is 1.43. The van der Waals surface area contributed by atoms with Crippen LogP contribution in [-0.4, -0.2) is 15.4 Å². The standard InChI is InChI=1S/C20H26N2O2Si/c1-20(2,3)25(5,6)24-17-12-10-16(11-13-17)22-18-9-7-8-15(14-21)19(18)23-4/h7-13,22H,1-6H3. The minimum absolute atomic E-state index is 0.162. The van der Waals surface area contributed by atoms with Crippen LogP contribution in [0.2, 0.25) is 18.1 Å². The van der Waals surface area contributed by atoms with E-state index in [9.17, 15) is 5.26 Å². The highest BCUT2D eigenvalue weighted by atomic mass is 28.4. The van der Waals surface area contributed by atoms with Gasteiger partial charge < -0.3 is 14.5 Å². The summed E-state index contributed by atoms with van der Waals surface area (Å²) >= 11 is 0. The van der Waals surface area contributed by atoms with Crippen LogP contribution in [0.1, 0.15) is 26.3 Å². The smallest absolute Gasteiger partial charge is 0.250 e. The van der Waals surface area contributed by atoms with Crippen molar-refractivity contribution in [1.29, 1.82) is 5.26 Å². The molecular formula is C20H26N2O2Si. The quantitative estimate of drug-likeness (QED) is 0.700. The van der Waals surface area contributed by atoms with Crippen LogP contribution in [0.15, 0.2) is 42.5 Å². The number of hydrogen-bond acceptors (Lipinski definition) is 4. The predicted molar refractivity (Wildman–Crippen MR) is 105 cm³/mol. The number of rotatable bonds is 5. The molecule has 0 aliphatic heterocycles. The summed E-state index contributed by atoms with van der Waals surface area (Å²) in [5, 5.41) is 12.6. The summed E-state index contributed by atoms with van der Waals surface area (Å²) in [4.78, 5) is 0. The van der Waals surface area contributed by atoms with Gasteiger partial charge in [0, 0.05) is 5.69 Å². The summed E-state index contributed by atoms with van der Waals surface area (Å²) in [6.07, 6.45) is 0. The first-order valence-corrected chi connectivity index (χ1v) is 11.2. The maximum atomic E-state index is 9.18. The van der Waals surface area contributed by atoms with Gasteiger partial charge in [-0.05, 0) is 54.5 Å². The largest absolute Gasteiger partial charge is 0.544 e. The molecule has 0 atom stereocenters. The number of hydrogen-bond donors (Lipinski definition) is 1. The number of nitriles is 1. The molecule has 2 aromatic rings. The van der Waals surface area contributed by atoms with E-state index >= 15 is 0 Å². The lowest BCUT2D eigenvalue weighted by Crippen LogP contribution is -2.43. The maximum Gasteiger partial charge on any atom is 0.250 e. The van der Waals surface area contributed by atoms with Crippen LogP contribution in [0, 0.1) is 11.3 Å². The van der Waals surface area contributed by atoms with Crippen molar-refractivity contribution in [2.24, 2.45) is 0 Å². The average molecular weight is 355 g/mol. The van der Waals surface area contributed by atoms with Gasteiger partial charge in [0.25, 0.3) is 0 Å². The first-order valence-electron chi connectivity index (χ1n) is 8.31. The van der Waals surface area contributed by atoms with Crippen molar-refractivity contribution >= 4 is 19.7 Å². The Hall–Kier alpha value is -2.45. The van der Waals surface area contributed by atoms with E-state index in [0.717, 1.165) is 17.1 Å². The number of ether oxygens (including phenoxy) is 1.